The molecule has 0 atom stereocenters. The highest BCUT2D eigenvalue weighted by Crippen LogP contribution is 2.31. The fraction of sp³-hybridized carbons (Fsp3) is 0.667. The molecule has 0 saturated carbocycles. The Bertz CT molecular complexity index is 404. The number of methoxy groups -OCH3 is 1. The number of benzene rings is 1. The van der Waals surface area contributed by atoms with Gasteiger partial charge in [-0.05, 0) is 62.9 Å². The van der Waals surface area contributed by atoms with Gasteiger partial charge in [-0.2, -0.15) is 0 Å². The lowest BCUT2D eigenvalue weighted by molar-refractivity contribution is 0.331. The quantitative estimate of drug-likeness (QED) is 0.626. The molecule has 0 fully saturated rings. The molecule has 0 aliphatic carbocycles. The molecular weight excluding hydrogens is 262 g/mol. The first kappa shape index (κ1) is 17.8. The van der Waals surface area contributed by atoms with E-state index in [2.05, 4.69) is 31.3 Å². The van der Waals surface area contributed by atoms with E-state index in [-0.39, 0.29) is 0 Å². The fourth-order valence-electron chi connectivity index (χ4n) is 2.50. The lowest BCUT2D eigenvalue weighted by Gasteiger charge is -2.16. The number of hydrogen-bond acceptors (Lipinski definition) is 3. The number of nitrogens with one attached hydrogen (secondary N) is 1. The minimum atomic E-state index is 0.695. The van der Waals surface area contributed by atoms with E-state index in [1.807, 2.05) is 6.92 Å². The Morgan fingerprint density at radius 1 is 0.905 bits per heavy atom. The van der Waals surface area contributed by atoms with Crippen molar-refractivity contribution < 1.29 is 9.47 Å². The van der Waals surface area contributed by atoms with Crippen molar-refractivity contribution in [2.45, 2.75) is 52.9 Å². The summed E-state index contributed by atoms with van der Waals surface area (Å²) in [7, 11) is 1.74. The first-order valence-corrected chi connectivity index (χ1v) is 8.30. The molecular formula is C18H31NO2. The van der Waals surface area contributed by atoms with Crippen molar-refractivity contribution in [2.75, 3.05) is 26.8 Å². The van der Waals surface area contributed by atoms with E-state index in [4.69, 9.17) is 9.47 Å². The molecule has 3 heteroatoms. The second-order valence-corrected chi connectivity index (χ2v) is 5.31. The lowest BCUT2D eigenvalue weighted by Crippen LogP contribution is -2.16. The summed E-state index contributed by atoms with van der Waals surface area (Å²) in [5.41, 5.74) is 2.60. The first-order chi connectivity index (χ1) is 10.3. The maximum absolute atomic E-state index is 5.75. The zero-order chi connectivity index (χ0) is 15.5. The third kappa shape index (κ3) is 5.96. The summed E-state index contributed by atoms with van der Waals surface area (Å²) >= 11 is 0. The van der Waals surface area contributed by atoms with Crippen LogP contribution in [0.5, 0.6) is 11.5 Å². The van der Waals surface area contributed by atoms with Crippen LogP contribution in [0.4, 0.5) is 0 Å². The van der Waals surface area contributed by atoms with E-state index in [0.29, 0.717) is 6.61 Å². The van der Waals surface area contributed by atoms with E-state index in [9.17, 15) is 0 Å². The summed E-state index contributed by atoms with van der Waals surface area (Å²) in [6.45, 7) is 9.28. The van der Waals surface area contributed by atoms with Crippen molar-refractivity contribution >= 4 is 0 Å². The van der Waals surface area contributed by atoms with Crippen LogP contribution in [-0.4, -0.2) is 26.8 Å². The monoisotopic (exact) mass is 293 g/mol. The molecule has 0 saturated heterocycles. The van der Waals surface area contributed by atoms with Gasteiger partial charge < -0.3 is 14.8 Å². The summed E-state index contributed by atoms with van der Waals surface area (Å²) in [6.07, 6.45) is 5.55. The topological polar surface area (TPSA) is 30.5 Å². The minimum absolute atomic E-state index is 0.695. The van der Waals surface area contributed by atoms with Gasteiger partial charge in [-0.1, -0.05) is 20.3 Å². The highest BCUT2D eigenvalue weighted by Gasteiger charge is 2.11. The highest BCUT2D eigenvalue weighted by atomic mass is 16.5. The Morgan fingerprint density at radius 2 is 1.67 bits per heavy atom. The van der Waals surface area contributed by atoms with Gasteiger partial charge in [-0.15, -0.1) is 0 Å². The van der Waals surface area contributed by atoms with Crippen LogP contribution < -0.4 is 14.8 Å². The summed E-state index contributed by atoms with van der Waals surface area (Å²) in [5.74, 6) is 1.93. The standard InChI is InChI=1S/C18H31NO2/c1-5-9-15-13-16(10-8-12-19-11-6-2)17(20-4)14-18(15)21-7-3/h13-14,19H,5-12H2,1-4H3. The molecule has 120 valence electrons. The van der Waals surface area contributed by atoms with Gasteiger partial charge in [0.1, 0.15) is 11.5 Å². The van der Waals surface area contributed by atoms with Crippen LogP contribution in [0.2, 0.25) is 0 Å². The van der Waals surface area contributed by atoms with E-state index < -0.39 is 0 Å². The van der Waals surface area contributed by atoms with Crippen LogP contribution in [-0.2, 0) is 12.8 Å². The van der Waals surface area contributed by atoms with Crippen molar-refractivity contribution in [1.82, 2.24) is 5.32 Å². The summed E-state index contributed by atoms with van der Waals surface area (Å²) in [4.78, 5) is 0. The van der Waals surface area contributed by atoms with Crippen LogP contribution >= 0.6 is 0 Å². The maximum atomic E-state index is 5.75. The molecule has 0 heterocycles. The first-order valence-electron chi connectivity index (χ1n) is 8.30. The number of ether oxygens (including phenoxy) is 2. The van der Waals surface area contributed by atoms with Gasteiger partial charge in [-0.25, -0.2) is 0 Å². The zero-order valence-corrected chi connectivity index (χ0v) is 14.1. The van der Waals surface area contributed by atoms with Crippen LogP contribution in [0.1, 0.15) is 51.2 Å². The Morgan fingerprint density at radius 3 is 2.29 bits per heavy atom. The van der Waals surface area contributed by atoms with Crippen molar-refractivity contribution in [3.8, 4) is 11.5 Å². The molecule has 0 unspecified atom stereocenters. The van der Waals surface area contributed by atoms with Gasteiger partial charge in [0.25, 0.3) is 0 Å². The second kappa shape index (κ2) is 10.5. The van der Waals surface area contributed by atoms with E-state index >= 15 is 0 Å². The molecule has 0 aliphatic rings. The number of aryl methyl sites for hydroxylation is 2. The smallest absolute Gasteiger partial charge is 0.126 e. The van der Waals surface area contributed by atoms with Gasteiger partial charge in [0.2, 0.25) is 0 Å². The molecule has 21 heavy (non-hydrogen) atoms. The summed E-state index contributed by atoms with van der Waals surface area (Å²) in [6, 6.07) is 4.33. The van der Waals surface area contributed by atoms with Crippen molar-refractivity contribution in [2.24, 2.45) is 0 Å². The van der Waals surface area contributed by atoms with Crippen molar-refractivity contribution in [1.29, 1.82) is 0 Å². The normalized spacial score (nSPS) is 10.7. The highest BCUT2D eigenvalue weighted by molar-refractivity contribution is 5.47. The van der Waals surface area contributed by atoms with Gasteiger partial charge >= 0.3 is 0 Å². The molecule has 0 aliphatic heterocycles. The SMILES string of the molecule is CCCNCCCc1cc(CCC)c(OCC)cc1OC. The van der Waals surface area contributed by atoms with Crippen LogP contribution in [0.15, 0.2) is 12.1 Å². The van der Waals surface area contributed by atoms with E-state index in [1.165, 1.54) is 17.5 Å². The van der Waals surface area contributed by atoms with Crippen LogP contribution in [0, 0.1) is 0 Å². The van der Waals surface area contributed by atoms with Crippen molar-refractivity contribution in [3.05, 3.63) is 23.3 Å². The van der Waals surface area contributed by atoms with E-state index in [0.717, 1.165) is 50.3 Å². The Labute approximate surface area is 130 Å². The third-order valence-electron chi connectivity index (χ3n) is 3.51. The predicted octanol–water partition coefficient (Wildman–Crippen LogP) is 3.98. The summed E-state index contributed by atoms with van der Waals surface area (Å²) < 4.78 is 11.3. The fourth-order valence-corrected chi connectivity index (χ4v) is 2.50. The lowest BCUT2D eigenvalue weighted by atomic mass is 10.0. The zero-order valence-electron chi connectivity index (χ0n) is 14.1. The molecule has 0 radical (unpaired) electrons. The molecule has 0 amide bonds. The summed E-state index contributed by atoms with van der Waals surface area (Å²) in [5, 5.41) is 3.45. The van der Waals surface area contributed by atoms with Gasteiger partial charge in [0, 0.05) is 6.07 Å². The van der Waals surface area contributed by atoms with Gasteiger partial charge in [0.15, 0.2) is 0 Å². The van der Waals surface area contributed by atoms with Gasteiger partial charge in [0.05, 0.1) is 13.7 Å². The Balaban J connectivity index is 2.78. The largest absolute Gasteiger partial charge is 0.496 e. The van der Waals surface area contributed by atoms with E-state index in [1.54, 1.807) is 7.11 Å². The Hall–Kier alpha value is -1.22. The van der Waals surface area contributed by atoms with Crippen LogP contribution in [0.25, 0.3) is 0 Å². The molecule has 3 nitrogen and oxygen atoms in total. The average Bonchev–Trinajstić information content (AvgIpc) is 2.49. The molecule has 0 aromatic heterocycles. The van der Waals surface area contributed by atoms with Gasteiger partial charge in [-0.3, -0.25) is 0 Å². The average molecular weight is 293 g/mol. The third-order valence-corrected chi connectivity index (χ3v) is 3.51. The molecule has 1 aromatic rings. The molecule has 0 bridgehead atoms. The van der Waals surface area contributed by atoms with Crippen LogP contribution in [0.3, 0.4) is 0 Å². The minimum Gasteiger partial charge on any atom is -0.496 e. The molecule has 1 aromatic carbocycles. The maximum Gasteiger partial charge on any atom is 0.126 e. The van der Waals surface area contributed by atoms with Crippen molar-refractivity contribution in [3.63, 3.8) is 0 Å². The number of hydrogen-bond donors (Lipinski definition) is 1. The molecule has 1 N–H and O–H groups in total. The predicted molar refractivity (Wildman–Crippen MR) is 89.6 cm³/mol. The molecule has 1 rings (SSSR count). The second-order valence-electron chi connectivity index (χ2n) is 5.31. The Kier molecular flexibility index (Phi) is 8.91. The number of rotatable bonds is 11. The molecule has 0 spiro atoms.